The highest BCUT2D eigenvalue weighted by molar-refractivity contribution is 7.92. The van der Waals surface area contributed by atoms with E-state index in [4.69, 9.17) is 16.3 Å². The van der Waals surface area contributed by atoms with E-state index in [0.29, 0.717) is 29.6 Å². The van der Waals surface area contributed by atoms with Crippen LogP contribution in [0.15, 0.2) is 77.7 Å². The van der Waals surface area contributed by atoms with Crippen LogP contribution in [0.3, 0.4) is 0 Å². The van der Waals surface area contributed by atoms with E-state index in [2.05, 4.69) is 29.6 Å². The number of carbonyl (C=O) groups excluding carboxylic acids is 1. The number of anilines is 1. The van der Waals surface area contributed by atoms with Crippen LogP contribution in [0, 0.1) is 6.92 Å². The summed E-state index contributed by atoms with van der Waals surface area (Å²) in [6.07, 6.45) is 1.58. The third-order valence-corrected chi connectivity index (χ3v) is 7.25. The summed E-state index contributed by atoms with van der Waals surface area (Å²) in [6.45, 7) is 4.51. The summed E-state index contributed by atoms with van der Waals surface area (Å²) in [7, 11) is -4.00. The van der Waals surface area contributed by atoms with Crippen molar-refractivity contribution in [1.29, 1.82) is 0 Å². The molecule has 0 aromatic heterocycles. The first-order chi connectivity index (χ1) is 16.3. The SMILES string of the molecule is CCOc1ccc(N(CC(=O)NCCCc2ccc(C)cc2)S(=O)(=O)c2ccc(Cl)cc2)cc1. The van der Waals surface area contributed by atoms with E-state index in [1.54, 1.807) is 24.3 Å². The van der Waals surface area contributed by atoms with Gasteiger partial charge in [-0.15, -0.1) is 0 Å². The largest absolute Gasteiger partial charge is 0.494 e. The Morgan fingerprint density at radius 2 is 1.62 bits per heavy atom. The summed E-state index contributed by atoms with van der Waals surface area (Å²) in [5, 5.41) is 3.27. The molecule has 0 aliphatic carbocycles. The topological polar surface area (TPSA) is 75.7 Å². The standard InChI is InChI=1S/C26H29ClN2O4S/c1-3-33-24-14-12-23(13-15-24)29(34(31,32)25-16-10-22(27)11-17-25)19-26(30)28-18-4-5-21-8-6-20(2)7-9-21/h6-17H,3-5,18-19H2,1-2H3,(H,28,30). The van der Waals surface area contributed by atoms with Gasteiger partial charge in [0.1, 0.15) is 12.3 Å². The van der Waals surface area contributed by atoms with Crippen molar-refractivity contribution in [1.82, 2.24) is 5.32 Å². The molecule has 0 atom stereocenters. The second-order valence-electron chi connectivity index (χ2n) is 7.83. The minimum atomic E-state index is -4.00. The molecule has 0 saturated heterocycles. The Bertz CT molecular complexity index is 1180. The summed E-state index contributed by atoms with van der Waals surface area (Å²) in [5.41, 5.74) is 2.77. The molecule has 0 bridgehead atoms. The zero-order valence-electron chi connectivity index (χ0n) is 19.3. The Morgan fingerprint density at radius 1 is 0.971 bits per heavy atom. The van der Waals surface area contributed by atoms with E-state index < -0.39 is 10.0 Å². The van der Waals surface area contributed by atoms with E-state index in [9.17, 15) is 13.2 Å². The first kappa shape index (κ1) is 25.6. The summed E-state index contributed by atoms with van der Waals surface area (Å²) >= 11 is 5.93. The van der Waals surface area contributed by atoms with Gasteiger partial charge in [-0.3, -0.25) is 9.10 Å². The fourth-order valence-electron chi connectivity index (χ4n) is 3.39. The molecule has 3 aromatic rings. The van der Waals surface area contributed by atoms with Gasteiger partial charge in [0.15, 0.2) is 0 Å². The fourth-order valence-corrected chi connectivity index (χ4v) is 4.93. The van der Waals surface area contributed by atoms with Gasteiger partial charge in [-0.1, -0.05) is 41.4 Å². The number of nitrogens with zero attached hydrogens (tertiary/aromatic N) is 1. The molecular formula is C26H29ClN2O4S. The minimum Gasteiger partial charge on any atom is -0.494 e. The van der Waals surface area contributed by atoms with Crippen molar-refractivity contribution < 1.29 is 17.9 Å². The maximum atomic E-state index is 13.4. The number of ether oxygens (including phenoxy) is 1. The maximum absolute atomic E-state index is 13.4. The first-order valence-electron chi connectivity index (χ1n) is 11.1. The van der Waals surface area contributed by atoms with Crippen LogP contribution in [0.1, 0.15) is 24.5 Å². The zero-order valence-corrected chi connectivity index (χ0v) is 20.9. The highest BCUT2D eigenvalue weighted by Gasteiger charge is 2.27. The molecule has 0 heterocycles. The second kappa shape index (κ2) is 11.9. The number of rotatable bonds is 11. The van der Waals surface area contributed by atoms with Gasteiger partial charge in [0.25, 0.3) is 10.0 Å². The lowest BCUT2D eigenvalue weighted by atomic mass is 10.1. The average molecular weight is 501 g/mol. The normalized spacial score (nSPS) is 11.1. The van der Waals surface area contributed by atoms with Crippen LogP contribution in [-0.4, -0.2) is 34.0 Å². The van der Waals surface area contributed by atoms with Gasteiger partial charge in [0.2, 0.25) is 5.91 Å². The Labute approximate surface area is 206 Å². The molecule has 0 aliphatic heterocycles. The Hall–Kier alpha value is -3.03. The van der Waals surface area contributed by atoms with Crippen LogP contribution < -0.4 is 14.4 Å². The molecule has 1 amide bonds. The highest BCUT2D eigenvalue weighted by atomic mass is 35.5. The van der Waals surface area contributed by atoms with Gasteiger partial charge in [-0.05, 0) is 80.8 Å². The minimum absolute atomic E-state index is 0.0537. The van der Waals surface area contributed by atoms with Crippen LogP contribution >= 0.6 is 11.6 Å². The van der Waals surface area contributed by atoms with Crippen molar-refractivity contribution in [3.8, 4) is 5.75 Å². The molecule has 0 spiro atoms. The van der Waals surface area contributed by atoms with Crippen LogP contribution in [0.25, 0.3) is 0 Å². The number of amides is 1. The first-order valence-corrected chi connectivity index (χ1v) is 12.9. The Kier molecular flexibility index (Phi) is 8.96. The van der Waals surface area contributed by atoms with Gasteiger partial charge in [0.05, 0.1) is 17.2 Å². The van der Waals surface area contributed by atoms with E-state index in [0.717, 1.165) is 17.1 Å². The highest BCUT2D eigenvalue weighted by Crippen LogP contribution is 2.26. The van der Waals surface area contributed by atoms with Crippen LogP contribution in [0.4, 0.5) is 5.69 Å². The molecule has 3 rings (SSSR count). The number of hydrogen-bond donors (Lipinski definition) is 1. The van der Waals surface area contributed by atoms with Gasteiger partial charge in [0, 0.05) is 11.6 Å². The van der Waals surface area contributed by atoms with Crippen LogP contribution in [-0.2, 0) is 21.2 Å². The molecule has 0 fully saturated rings. The summed E-state index contributed by atoms with van der Waals surface area (Å²) < 4.78 is 33.4. The molecule has 180 valence electrons. The smallest absolute Gasteiger partial charge is 0.264 e. The summed E-state index contributed by atoms with van der Waals surface area (Å²) in [6, 6.07) is 20.8. The zero-order chi connectivity index (χ0) is 24.6. The van der Waals surface area contributed by atoms with E-state index in [1.165, 1.54) is 35.4 Å². The molecule has 8 heteroatoms. The molecule has 6 nitrogen and oxygen atoms in total. The Balaban J connectivity index is 1.71. The molecule has 0 aliphatic rings. The van der Waals surface area contributed by atoms with Crippen LogP contribution in [0.5, 0.6) is 5.75 Å². The van der Waals surface area contributed by atoms with Crippen molar-refractivity contribution in [3.05, 3.63) is 88.9 Å². The molecule has 0 saturated carbocycles. The molecule has 0 unspecified atom stereocenters. The predicted molar refractivity (Wildman–Crippen MR) is 136 cm³/mol. The molecule has 34 heavy (non-hydrogen) atoms. The second-order valence-corrected chi connectivity index (χ2v) is 10.1. The quantitative estimate of drug-likeness (QED) is 0.376. The number of hydrogen-bond acceptors (Lipinski definition) is 4. The number of sulfonamides is 1. The molecule has 1 N–H and O–H groups in total. The summed E-state index contributed by atoms with van der Waals surface area (Å²) in [5.74, 6) is 0.242. The summed E-state index contributed by atoms with van der Waals surface area (Å²) in [4.78, 5) is 12.8. The van der Waals surface area contributed by atoms with Crippen molar-refractivity contribution in [2.24, 2.45) is 0 Å². The van der Waals surface area contributed by atoms with Crippen molar-refractivity contribution in [2.75, 3.05) is 24.0 Å². The third kappa shape index (κ3) is 6.98. The van der Waals surface area contributed by atoms with Gasteiger partial charge in [-0.25, -0.2) is 8.42 Å². The van der Waals surface area contributed by atoms with E-state index in [-0.39, 0.29) is 17.3 Å². The van der Waals surface area contributed by atoms with Crippen molar-refractivity contribution in [2.45, 2.75) is 31.6 Å². The monoisotopic (exact) mass is 500 g/mol. The van der Waals surface area contributed by atoms with Gasteiger partial charge >= 0.3 is 0 Å². The number of aryl methyl sites for hydroxylation is 2. The van der Waals surface area contributed by atoms with Gasteiger partial charge < -0.3 is 10.1 Å². The number of carbonyl (C=O) groups is 1. The number of nitrogens with one attached hydrogen (secondary N) is 1. The van der Waals surface area contributed by atoms with E-state index in [1.807, 2.05) is 13.8 Å². The number of halogens is 1. The lowest BCUT2D eigenvalue weighted by Gasteiger charge is -2.24. The predicted octanol–water partition coefficient (Wildman–Crippen LogP) is 4.99. The Morgan fingerprint density at radius 3 is 2.24 bits per heavy atom. The lowest BCUT2D eigenvalue weighted by molar-refractivity contribution is -0.119. The average Bonchev–Trinajstić information content (AvgIpc) is 2.82. The molecule has 3 aromatic carbocycles. The van der Waals surface area contributed by atoms with Crippen molar-refractivity contribution in [3.63, 3.8) is 0 Å². The number of benzene rings is 3. The lowest BCUT2D eigenvalue weighted by Crippen LogP contribution is -2.41. The maximum Gasteiger partial charge on any atom is 0.264 e. The molecular weight excluding hydrogens is 472 g/mol. The van der Waals surface area contributed by atoms with Crippen molar-refractivity contribution >= 4 is 33.2 Å². The van der Waals surface area contributed by atoms with Gasteiger partial charge in [-0.2, -0.15) is 0 Å². The third-order valence-electron chi connectivity index (χ3n) is 5.21. The van der Waals surface area contributed by atoms with Crippen LogP contribution in [0.2, 0.25) is 5.02 Å². The molecule has 0 radical (unpaired) electrons. The fraction of sp³-hybridized carbons (Fsp3) is 0.269. The van der Waals surface area contributed by atoms with E-state index >= 15 is 0 Å².